The zero-order valence-corrected chi connectivity index (χ0v) is 20.0. The molecule has 0 saturated carbocycles. The summed E-state index contributed by atoms with van der Waals surface area (Å²) in [5, 5.41) is 7.62. The molecule has 2 N–H and O–H groups in total. The van der Waals surface area contributed by atoms with Gasteiger partial charge in [-0.25, -0.2) is 17.8 Å². The zero-order valence-electron chi connectivity index (χ0n) is 19.2. The Kier molecular flexibility index (Phi) is 6.83. The number of sulfonamides is 1. The molecule has 0 bridgehead atoms. The van der Waals surface area contributed by atoms with Crippen LogP contribution in [0.15, 0.2) is 35.2 Å². The lowest BCUT2D eigenvalue weighted by Gasteiger charge is -2.23. The first-order valence-electron chi connectivity index (χ1n) is 10.2. The molecule has 0 saturated heterocycles. The van der Waals surface area contributed by atoms with Gasteiger partial charge in [0.15, 0.2) is 0 Å². The monoisotopic (exact) mass is 434 g/mol. The molecular weight excluding hydrogens is 400 g/mol. The molecule has 0 radical (unpaired) electrons. The van der Waals surface area contributed by atoms with Gasteiger partial charge in [0.05, 0.1) is 16.1 Å². The van der Waals surface area contributed by atoms with Gasteiger partial charge in [-0.3, -0.25) is 4.79 Å². The van der Waals surface area contributed by atoms with Crippen molar-refractivity contribution in [1.29, 1.82) is 0 Å². The summed E-state index contributed by atoms with van der Waals surface area (Å²) in [5.74, 6) is 0.284. The molecule has 1 atom stereocenters. The Morgan fingerprint density at radius 2 is 1.67 bits per heavy atom. The number of amides is 1. The molecule has 0 fully saturated rings. The maximum atomic E-state index is 12.8. The third-order valence-electron chi connectivity index (χ3n) is 4.75. The summed E-state index contributed by atoms with van der Waals surface area (Å²) in [4.78, 5) is 13.0. The number of hydrogen-bond donors (Lipinski definition) is 2. The molecule has 1 aromatic heterocycles. The highest BCUT2D eigenvalue weighted by Crippen LogP contribution is 2.28. The fourth-order valence-corrected chi connectivity index (χ4v) is 4.07. The van der Waals surface area contributed by atoms with E-state index in [0.29, 0.717) is 17.8 Å². The number of carbonyl (C=O) groups is 1. The van der Waals surface area contributed by atoms with Crippen LogP contribution in [0.4, 0.5) is 5.82 Å². The summed E-state index contributed by atoms with van der Waals surface area (Å²) in [6.45, 7) is 16.0. The molecule has 0 spiro atoms. The van der Waals surface area contributed by atoms with Crippen molar-refractivity contribution in [3.05, 3.63) is 41.6 Å². The van der Waals surface area contributed by atoms with Crippen LogP contribution >= 0.6 is 0 Å². The maximum absolute atomic E-state index is 12.8. The van der Waals surface area contributed by atoms with E-state index in [0.717, 1.165) is 5.69 Å². The van der Waals surface area contributed by atoms with Crippen molar-refractivity contribution in [2.45, 2.75) is 83.7 Å². The van der Waals surface area contributed by atoms with Crippen LogP contribution in [0.2, 0.25) is 0 Å². The van der Waals surface area contributed by atoms with Crippen LogP contribution in [0.5, 0.6) is 0 Å². The third-order valence-corrected chi connectivity index (χ3v) is 6.36. The quantitative estimate of drug-likeness (QED) is 0.710. The van der Waals surface area contributed by atoms with Crippen LogP contribution < -0.4 is 10.0 Å². The molecule has 1 aromatic carbocycles. The Morgan fingerprint density at radius 1 is 1.10 bits per heavy atom. The van der Waals surface area contributed by atoms with E-state index in [4.69, 9.17) is 5.10 Å². The van der Waals surface area contributed by atoms with Crippen molar-refractivity contribution in [2.75, 3.05) is 5.32 Å². The van der Waals surface area contributed by atoms with Crippen LogP contribution in [0.1, 0.15) is 77.9 Å². The van der Waals surface area contributed by atoms with Gasteiger partial charge in [0.25, 0.3) is 5.91 Å². The minimum absolute atomic E-state index is 0.133. The highest BCUT2D eigenvalue weighted by Gasteiger charge is 2.26. The Balaban J connectivity index is 2.28. The third kappa shape index (κ3) is 5.70. The van der Waals surface area contributed by atoms with Gasteiger partial charge < -0.3 is 5.32 Å². The maximum Gasteiger partial charge on any atom is 0.256 e. The second kappa shape index (κ2) is 8.51. The van der Waals surface area contributed by atoms with E-state index in [2.05, 4.69) is 30.8 Å². The van der Waals surface area contributed by atoms with Crippen LogP contribution in [0, 0.1) is 0 Å². The summed E-state index contributed by atoms with van der Waals surface area (Å²) in [6, 6.07) is 7.65. The average Bonchev–Trinajstić information content (AvgIpc) is 3.06. The first-order valence-corrected chi connectivity index (χ1v) is 11.7. The summed E-state index contributed by atoms with van der Waals surface area (Å²) in [5.41, 5.74) is 0.780. The van der Waals surface area contributed by atoms with E-state index >= 15 is 0 Å². The smallest absolute Gasteiger partial charge is 0.256 e. The van der Waals surface area contributed by atoms with Crippen LogP contribution in [0.25, 0.3) is 0 Å². The van der Waals surface area contributed by atoms with Crippen molar-refractivity contribution in [1.82, 2.24) is 14.5 Å². The second-order valence-electron chi connectivity index (χ2n) is 9.66. The number of hydrogen-bond acceptors (Lipinski definition) is 4. The van der Waals surface area contributed by atoms with E-state index in [1.54, 1.807) is 4.68 Å². The van der Waals surface area contributed by atoms with Gasteiger partial charge in [0.2, 0.25) is 10.0 Å². The van der Waals surface area contributed by atoms with Crippen molar-refractivity contribution in [3.8, 4) is 0 Å². The Labute approximate surface area is 180 Å². The van der Waals surface area contributed by atoms with Gasteiger partial charge in [0, 0.05) is 23.1 Å². The molecule has 2 rings (SSSR count). The minimum atomic E-state index is -3.61. The lowest BCUT2D eigenvalue weighted by atomic mass is 9.92. The second-order valence-corrected chi connectivity index (χ2v) is 11.4. The number of benzene rings is 1. The van der Waals surface area contributed by atoms with Gasteiger partial charge >= 0.3 is 0 Å². The highest BCUT2D eigenvalue weighted by atomic mass is 32.2. The Morgan fingerprint density at radius 3 is 2.13 bits per heavy atom. The average molecular weight is 435 g/mol. The van der Waals surface area contributed by atoms with E-state index in [-0.39, 0.29) is 27.8 Å². The first-order chi connectivity index (χ1) is 13.6. The topological polar surface area (TPSA) is 93.1 Å². The van der Waals surface area contributed by atoms with E-state index in [9.17, 15) is 13.2 Å². The SMILES string of the molecule is CCC(C)NS(=O)(=O)c1ccc(C(=O)Nc2cc(C(C)(C)C)nn2C(C)(C)C)cc1. The molecule has 0 aliphatic rings. The number of aromatic nitrogens is 2. The molecule has 8 heteroatoms. The molecular formula is C22H34N4O3S. The summed E-state index contributed by atoms with van der Waals surface area (Å²) < 4.78 is 29.2. The van der Waals surface area contributed by atoms with E-state index < -0.39 is 10.0 Å². The molecule has 0 aliphatic carbocycles. The zero-order chi connectivity index (χ0) is 22.9. The Hall–Kier alpha value is -2.19. The van der Waals surface area contributed by atoms with E-state index in [1.807, 2.05) is 40.7 Å². The molecule has 1 heterocycles. The highest BCUT2D eigenvalue weighted by molar-refractivity contribution is 7.89. The number of anilines is 1. The van der Waals surface area contributed by atoms with Gasteiger partial charge in [-0.05, 0) is 58.4 Å². The van der Waals surface area contributed by atoms with Gasteiger partial charge in [-0.2, -0.15) is 5.10 Å². The number of nitrogens with one attached hydrogen (secondary N) is 2. The standard InChI is InChI=1S/C22H34N4O3S/c1-9-15(2)25-30(28,29)17-12-10-16(11-13-17)20(27)23-19-14-18(21(3,4)5)24-26(19)22(6,7)8/h10-15,25H,9H2,1-8H3,(H,23,27). The van der Waals surface area contributed by atoms with Crippen molar-refractivity contribution in [3.63, 3.8) is 0 Å². The lowest BCUT2D eigenvalue weighted by Crippen LogP contribution is -2.32. The van der Waals surface area contributed by atoms with Crippen LogP contribution in [0.3, 0.4) is 0 Å². The van der Waals surface area contributed by atoms with Crippen LogP contribution in [-0.2, 0) is 21.0 Å². The predicted octanol–water partition coefficient (Wildman–Crippen LogP) is 4.26. The molecule has 1 unspecified atom stereocenters. The van der Waals surface area contributed by atoms with Crippen LogP contribution in [-0.4, -0.2) is 30.1 Å². The van der Waals surface area contributed by atoms with Gasteiger partial charge in [0.1, 0.15) is 5.82 Å². The normalized spacial score (nSPS) is 13.9. The molecule has 2 aromatic rings. The fourth-order valence-electron chi connectivity index (χ4n) is 2.74. The first kappa shape index (κ1) is 24.1. The van der Waals surface area contributed by atoms with Gasteiger partial charge in [-0.15, -0.1) is 0 Å². The largest absolute Gasteiger partial charge is 0.307 e. The van der Waals surface area contributed by atoms with Crippen molar-refractivity contribution >= 4 is 21.7 Å². The Bertz CT molecular complexity index is 994. The lowest BCUT2D eigenvalue weighted by molar-refractivity contribution is 0.102. The number of nitrogens with zero attached hydrogens (tertiary/aromatic N) is 2. The van der Waals surface area contributed by atoms with Crippen molar-refractivity contribution in [2.24, 2.45) is 0 Å². The van der Waals surface area contributed by atoms with E-state index in [1.165, 1.54) is 24.3 Å². The number of rotatable bonds is 6. The molecule has 0 aliphatic heterocycles. The molecule has 30 heavy (non-hydrogen) atoms. The molecule has 7 nitrogen and oxygen atoms in total. The van der Waals surface area contributed by atoms with Gasteiger partial charge in [-0.1, -0.05) is 27.7 Å². The summed E-state index contributed by atoms with van der Waals surface area (Å²) >= 11 is 0. The molecule has 166 valence electrons. The molecule has 1 amide bonds. The minimum Gasteiger partial charge on any atom is -0.307 e. The fraction of sp³-hybridized carbons (Fsp3) is 0.545. The predicted molar refractivity (Wildman–Crippen MR) is 120 cm³/mol. The number of carbonyl (C=O) groups excluding carboxylic acids is 1. The van der Waals surface area contributed by atoms with Crippen molar-refractivity contribution < 1.29 is 13.2 Å². The summed E-state index contributed by atoms with van der Waals surface area (Å²) in [7, 11) is -3.61. The summed E-state index contributed by atoms with van der Waals surface area (Å²) in [6.07, 6.45) is 0.692.